The van der Waals surface area contributed by atoms with E-state index in [-0.39, 0.29) is 16.9 Å². The van der Waals surface area contributed by atoms with E-state index >= 15 is 0 Å². The van der Waals surface area contributed by atoms with Crippen LogP contribution in [0.15, 0.2) is 57.7 Å². The van der Waals surface area contributed by atoms with E-state index in [1.54, 1.807) is 20.8 Å². The molecular weight excluding hydrogens is 397 g/mol. The number of benzene rings is 2. The molecule has 0 aliphatic rings. The fourth-order valence-electron chi connectivity index (χ4n) is 3.41. The third kappa shape index (κ3) is 5.51. The highest BCUT2D eigenvalue weighted by Crippen LogP contribution is 2.29. The first-order valence-electron chi connectivity index (χ1n) is 10.3. The van der Waals surface area contributed by atoms with Gasteiger partial charge < -0.3 is 14.5 Å². The lowest BCUT2D eigenvalue weighted by atomic mass is 9.93. The molecule has 0 fully saturated rings. The van der Waals surface area contributed by atoms with Gasteiger partial charge in [-0.05, 0) is 44.4 Å². The van der Waals surface area contributed by atoms with Crippen LogP contribution in [0.5, 0.6) is 0 Å². The normalized spacial score (nSPS) is 12.7. The highest BCUT2D eigenvalue weighted by Gasteiger charge is 2.29. The molecule has 1 amide bonds. The number of hydrogen-bond donors (Lipinski definition) is 1. The lowest BCUT2D eigenvalue weighted by molar-refractivity contribution is 0.0481. The number of carbonyl (C=O) groups is 1. The third-order valence-electron chi connectivity index (χ3n) is 4.82. The Kier molecular flexibility index (Phi) is 6.48. The van der Waals surface area contributed by atoms with Gasteiger partial charge in [-0.2, -0.15) is 0 Å². The Morgan fingerprint density at radius 1 is 1.13 bits per heavy atom. The number of rotatable bonds is 5. The summed E-state index contributed by atoms with van der Waals surface area (Å²) in [5, 5.41) is 3.14. The molecule has 1 aromatic heterocycles. The van der Waals surface area contributed by atoms with Crippen LogP contribution in [0.25, 0.3) is 11.0 Å². The first kappa shape index (κ1) is 22.5. The van der Waals surface area contributed by atoms with Gasteiger partial charge in [-0.1, -0.05) is 44.2 Å². The zero-order chi connectivity index (χ0) is 22.8. The Labute approximate surface area is 181 Å². The Balaban J connectivity index is 2.15. The molecule has 0 aliphatic heterocycles. The fraction of sp³-hybridized carbons (Fsp3) is 0.360. The van der Waals surface area contributed by atoms with Crippen molar-refractivity contribution >= 4 is 17.1 Å². The van der Waals surface area contributed by atoms with E-state index in [9.17, 15) is 14.0 Å². The molecule has 5 nitrogen and oxygen atoms in total. The smallest absolute Gasteiger partial charge is 0.408 e. The van der Waals surface area contributed by atoms with Gasteiger partial charge in [0.25, 0.3) is 0 Å². The summed E-state index contributed by atoms with van der Waals surface area (Å²) in [6.07, 6.45) is -0.288. The van der Waals surface area contributed by atoms with E-state index in [1.165, 1.54) is 18.2 Å². The molecule has 0 radical (unpaired) electrons. The van der Waals surface area contributed by atoms with Crippen molar-refractivity contribution in [1.29, 1.82) is 0 Å². The minimum absolute atomic E-state index is 0.115. The Morgan fingerprint density at radius 2 is 1.81 bits per heavy atom. The van der Waals surface area contributed by atoms with E-state index in [4.69, 9.17) is 9.15 Å². The topological polar surface area (TPSA) is 68.5 Å². The predicted octanol–water partition coefficient (Wildman–Crippen LogP) is 5.74. The minimum Gasteiger partial charge on any atom is -0.458 e. The number of amides is 1. The number of nitrogens with one attached hydrogen (secondary N) is 1. The molecule has 3 rings (SSSR count). The van der Waals surface area contributed by atoms with Crippen LogP contribution in [0.1, 0.15) is 57.5 Å². The van der Waals surface area contributed by atoms with Crippen LogP contribution >= 0.6 is 0 Å². The highest BCUT2D eigenvalue weighted by atomic mass is 19.1. The van der Waals surface area contributed by atoms with Crippen molar-refractivity contribution in [2.24, 2.45) is 5.92 Å². The summed E-state index contributed by atoms with van der Waals surface area (Å²) in [4.78, 5) is 25.9. The average molecular weight is 426 g/mol. The predicted molar refractivity (Wildman–Crippen MR) is 119 cm³/mol. The minimum atomic E-state index is -0.675. The first-order valence-corrected chi connectivity index (χ1v) is 10.3. The van der Waals surface area contributed by atoms with Crippen LogP contribution in [0, 0.1) is 11.7 Å². The van der Waals surface area contributed by atoms with Crippen molar-refractivity contribution in [3.05, 3.63) is 81.5 Å². The van der Waals surface area contributed by atoms with Crippen molar-refractivity contribution in [3.8, 4) is 0 Å². The molecular formula is C25H28FNO4. The second kappa shape index (κ2) is 8.92. The van der Waals surface area contributed by atoms with Crippen molar-refractivity contribution in [2.45, 2.75) is 52.7 Å². The average Bonchev–Trinajstić information content (AvgIpc) is 2.67. The molecule has 6 heteroatoms. The maximum Gasteiger partial charge on any atom is 0.408 e. The Bertz CT molecular complexity index is 1130. The van der Waals surface area contributed by atoms with Crippen LogP contribution in [0.2, 0.25) is 0 Å². The van der Waals surface area contributed by atoms with Crippen LogP contribution in [-0.4, -0.2) is 11.7 Å². The highest BCUT2D eigenvalue weighted by molar-refractivity contribution is 5.77. The monoisotopic (exact) mass is 425 g/mol. The van der Waals surface area contributed by atoms with Gasteiger partial charge in [0.1, 0.15) is 22.8 Å². The van der Waals surface area contributed by atoms with Crippen molar-refractivity contribution < 1.29 is 18.3 Å². The molecule has 0 bridgehead atoms. The third-order valence-corrected chi connectivity index (χ3v) is 4.82. The molecule has 3 aromatic rings. The number of carbonyl (C=O) groups excluding carboxylic acids is 1. The molecule has 0 saturated carbocycles. The molecule has 31 heavy (non-hydrogen) atoms. The lowest BCUT2D eigenvalue weighted by Gasteiger charge is -2.26. The lowest BCUT2D eigenvalue weighted by Crippen LogP contribution is -2.37. The maximum absolute atomic E-state index is 13.9. The molecule has 0 aliphatic carbocycles. The SMILES string of the molecule is CC(C)C(NC(=O)OC(C)(C)C)c1oc2cc(F)ccc2c(=O)c1Cc1ccccc1. The Morgan fingerprint density at radius 3 is 2.42 bits per heavy atom. The quantitative estimate of drug-likeness (QED) is 0.566. The number of fused-ring (bicyclic) bond motifs is 1. The van der Waals surface area contributed by atoms with Gasteiger partial charge in [0.05, 0.1) is 11.4 Å². The summed E-state index contributed by atoms with van der Waals surface area (Å²) in [6, 6.07) is 12.8. The zero-order valence-electron chi connectivity index (χ0n) is 18.5. The van der Waals surface area contributed by atoms with Crippen LogP contribution in [0.4, 0.5) is 9.18 Å². The summed E-state index contributed by atoms with van der Waals surface area (Å²) >= 11 is 0. The number of halogens is 1. The number of alkyl carbamates (subject to hydrolysis) is 1. The number of ether oxygens (including phenoxy) is 1. The number of hydrogen-bond acceptors (Lipinski definition) is 4. The van der Waals surface area contributed by atoms with E-state index < -0.39 is 23.6 Å². The standard InChI is InChI=1S/C25H28FNO4/c1-15(2)21(27-24(29)31-25(3,4)5)23-19(13-16-9-7-6-8-10-16)22(28)18-12-11-17(26)14-20(18)30-23/h6-12,14-15,21H,13H2,1-5H3,(H,27,29). The van der Waals surface area contributed by atoms with Gasteiger partial charge in [0, 0.05) is 18.1 Å². The van der Waals surface area contributed by atoms with E-state index in [1.807, 2.05) is 44.2 Å². The van der Waals surface area contributed by atoms with E-state index in [0.29, 0.717) is 23.1 Å². The van der Waals surface area contributed by atoms with Gasteiger partial charge in [0.2, 0.25) is 0 Å². The summed E-state index contributed by atoms with van der Waals surface area (Å²) in [7, 11) is 0. The molecule has 2 aromatic carbocycles. The van der Waals surface area contributed by atoms with Crippen LogP contribution < -0.4 is 10.7 Å². The van der Waals surface area contributed by atoms with E-state index in [2.05, 4.69) is 5.32 Å². The molecule has 164 valence electrons. The summed E-state index contributed by atoms with van der Waals surface area (Å²) < 4.78 is 25.3. The van der Waals surface area contributed by atoms with E-state index in [0.717, 1.165) is 5.56 Å². The summed E-state index contributed by atoms with van der Waals surface area (Å²) in [5.74, 6) is -0.303. The van der Waals surface area contributed by atoms with Crippen molar-refractivity contribution in [1.82, 2.24) is 5.32 Å². The van der Waals surface area contributed by atoms with Gasteiger partial charge in [-0.15, -0.1) is 0 Å². The second-order valence-electron chi connectivity index (χ2n) is 8.94. The van der Waals surface area contributed by atoms with Gasteiger partial charge in [-0.25, -0.2) is 9.18 Å². The molecule has 1 unspecified atom stereocenters. The molecule has 1 heterocycles. The fourth-order valence-corrected chi connectivity index (χ4v) is 3.41. The Hall–Kier alpha value is -3.15. The van der Waals surface area contributed by atoms with Crippen molar-refractivity contribution in [3.63, 3.8) is 0 Å². The second-order valence-corrected chi connectivity index (χ2v) is 8.94. The van der Waals surface area contributed by atoms with Crippen LogP contribution in [0.3, 0.4) is 0 Å². The zero-order valence-corrected chi connectivity index (χ0v) is 18.5. The first-order chi connectivity index (χ1) is 14.5. The molecule has 1 N–H and O–H groups in total. The maximum atomic E-state index is 13.9. The van der Waals surface area contributed by atoms with Gasteiger partial charge in [-0.3, -0.25) is 4.79 Å². The summed E-state index contributed by atoms with van der Waals surface area (Å²) in [5.41, 5.74) is 0.591. The van der Waals surface area contributed by atoms with Gasteiger partial charge in [0.15, 0.2) is 5.43 Å². The molecule has 1 atom stereocenters. The molecule has 0 saturated heterocycles. The summed E-state index contributed by atoms with van der Waals surface area (Å²) in [6.45, 7) is 9.14. The molecule has 0 spiro atoms. The van der Waals surface area contributed by atoms with Gasteiger partial charge >= 0.3 is 6.09 Å². The largest absolute Gasteiger partial charge is 0.458 e. The van der Waals surface area contributed by atoms with Crippen LogP contribution in [-0.2, 0) is 11.2 Å². The van der Waals surface area contributed by atoms with Crippen molar-refractivity contribution in [2.75, 3.05) is 0 Å².